The lowest BCUT2D eigenvalue weighted by atomic mass is 10.1. The van der Waals surface area contributed by atoms with Crippen LogP contribution in [0, 0.1) is 0 Å². The average molecular weight is 368 g/mol. The normalized spacial score (nSPS) is 11.1. The topological polar surface area (TPSA) is 86.7 Å². The largest absolute Gasteiger partial charge is 0.423 e. The predicted octanol–water partition coefficient (Wildman–Crippen LogP) is 2.66. The number of nitrogens with zero attached hydrogens (tertiary/aromatic N) is 5. The lowest BCUT2D eigenvalue weighted by molar-refractivity contribution is 0.435. The van der Waals surface area contributed by atoms with Crippen LogP contribution in [0.1, 0.15) is 17.3 Å². The van der Waals surface area contributed by atoms with Gasteiger partial charge >= 0.3 is 0 Å². The number of pyridine rings is 1. The minimum atomic E-state index is -0.191. The van der Waals surface area contributed by atoms with E-state index in [0.717, 1.165) is 12.0 Å². The monoisotopic (exact) mass is 367 g/mol. The third kappa shape index (κ3) is 3.48. The van der Waals surface area contributed by atoms with Crippen molar-refractivity contribution in [1.82, 2.24) is 24.7 Å². The maximum Gasteiger partial charge on any atom is 0.263 e. The minimum Gasteiger partial charge on any atom is -0.423 e. The van der Waals surface area contributed by atoms with E-state index in [9.17, 15) is 4.79 Å². The maximum atomic E-state index is 12.5. The molecule has 1 aromatic carbocycles. The van der Waals surface area contributed by atoms with Crippen LogP contribution in [0.25, 0.3) is 11.0 Å². The number of halogens is 1. The fourth-order valence-electron chi connectivity index (χ4n) is 2.61. The van der Waals surface area contributed by atoms with Crippen LogP contribution in [0.4, 0.5) is 0 Å². The van der Waals surface area contributed by atoms with Gasteiger partial charge in [-0.15, -0.1) is 10.2 Å². The summed E-state index contributed by atoms with van der Waals surface area (Å²) in [7, 11) is 0. The molecular weight excluding hydrogens is 354 g/mol. The first-order valence-electron chi connectivity index (χ1n) is 8.05. The Morgan fingerprint density at radius 1 is 1.00 bits per heavy atom. The van der Waals surface area contributed by atoms with E-state index in [1.54, 1.807) is 18.3 Å². The molecule has 0 aliphatic carbocycles. The zero-order valence-corrected chi connectivity index (χ0v) is 14.4. The van der Waals surface area contributed by atoms with Gasteiger partial charge in [0.05, 0.1) is 5.39 Å². The zero-order valence-electron chi connectivity index (χ0n) is 13.7. The number of fused-ring (bicyclic) bond motifs is 1. The molecule has 4 rings (SSSR count). The molecule has 3 aromatic heterocycles. The molecule has 3 heterocycles. The van der Waals surface area contributed by atoms with Crippen LogP contribution in [-0.4, -0.2) is 24.7 Å². The molecule has 7 nitrogen and oxygen atoms in total. The van der Waals surface area contributed by atoms with Crippen molar-refractivity contribution in [1.29, 1.82) is 0 Å². The fourth-order valence-corrected chi connectivity index (χ4v) is 2.74. The number of aryl methyl sites for hydroxylation is 2. The van der Waals surface area contributed by atoms with E-state index < -0.39 is 0 Å². The van der Waals surface area contributed by atoms with E-state index in [0.29, 0.717) is 34.3 Å². The van der Waals surface area contributed by atoms with Crippen LogP contribution in [0.5, 0.6) is 0 Å². The van der Waals surface area contributed by atoms with Crippen LogP contribution < -0.4 is 5.56 Å². The third-order valence-electron chi connectivity index (χ3n) is 3.95. The number of hydrogen-bond donors (Lipinski definition) is 0. The zero-order chi connectivity index (χ0) is 17.9. The van der Waals surface area contributed by atoms with Gasteiger partial charge in [-0.2, -0.15) is 0 Å². The standard InChI is InChI=1S/C18H14ClN5O2/c19-13-6-3-12(4-7-13)5-8-15-22-23-16(26-15)10-24-11-21-17-14(18(24)25)2-1-9-20-17/h1-4,6-7,9,11H,5,8,10H2. The van der Waals surface area contributed by atoms with Gasteiger partial charge < -0.3 is 4.42 Å². The Morgan fingerprint density at radius 2 is 1.81 bits per heavy atom. The molecular formula is C18H14ClN5O2. The van der Waals surface area contributed by atoms with Gasteiger partial charge in [-0.25, -0.2) is 9.97 Å². The first-order chi connectivity index (χ1) is 12.7. The Morgan fingerprint density at radius 3 is 2.65 bits per heavy atom. The third-order valence-corrected chi connectivity index (χ3v) is 4.20. The summed E-state index contributed by atoms with van der Waals surface area (Å²) in [5.41, 5.74) is 1.36. The van der Waals surface area contributed by atoms with Gasteiger partial charge in [0.15, 0.2) is 5.65 Å². The van der Waals surface area contributed by atoms with Gasteiger partial charge in [-0.05, 0) is 36.2 Å². The van der Waals surface area contributed by atoms with E-state index in [-0.39, 0.29) is 12.1 Å². The summed E-state index contributed by atoms with van der Waals surface area (Å²) in [5.74, 6) is 0.890. The molecule has 0 amide bonds. The SMILES string of the molecule is O=c1c2cccnc2ncn1Cc1nnc(CCc2ccc(Cl)cc2)o1. The van der Waals surface area contributed by atoms with Gasteiger partial charge in [0.1, 0.15) is 12.9 Å². The number of aromatic nitrogens is 5. The molecule has 8 heteroatoms. The molecule has 0 N–H and O–H groups in total. The van der Waals surface area contributed by atoms with Crippen molar-refractivity contribution in [2.24, 2.45) is 0 Å². The summed E-state index contributed by atoms with van der Waals surface area (Å²) in [6, 6.07) is 11.0. The van der Waals surface area contributed by atoms with E-state index in [1.807, 2.05) is 24.3 Å². The van der Waals surface area contributed by atoms with Gasteiger partial charge in [0.25, 0.3) is 5.56 Å². The van der Waals surface area contributed by atoms with Crippen molar-refractivity contribution < 1.29 is 4.42 Å². The molecule has 0 aliphatic rings. The molecule has 0 saturated heterocycles. The molecule has 0 spiro atoms. The molecule has 130 valence electrons. The molecule has 0 bridgehead atoms. The summed E-state index contributed by atoms with van der Waals surface area (Å²) in [4.78, 5) is 20.7. The lowest BCUT2D eigenvalue weighted by Crippen LogP contribution is -2.21. The summed E-state index contributed by atoms with van der Waals surface area (Å²) < 4.78 is 7.08. The highest BCUT2D eigenvalue weighted by Crippen LogP contribution is 2.12. The van der Waals surface area contributed by atoms with Crippen LogP contribution in [0.15, 0.2) is 58.1 Å². The maximum absolute atomic E-state index is 12.5. The number of hydrogen-bond acceptors (Lipinski definition) is 6. The average Bonchev–Trinajstić information content (AvgIpc) is 3.11. The first-order valence-corrected chi connectivity index (χ1v) is 8.43. The Labute approximate surface area is 153 Å². The van der Waals surface area contributed by atoms with E-state index >= 15 is 0 Å². The summed E-state index contributed by atoms with van der Waals surface area (Å²) >= 11 is 5.88. The first kappa shape index (κ1) is 16.4. The van der Waals surface area contributed by atoms with E-state index in [2.05, 4.69) is 20.2 Å². The highest BCUT2D eigenvalue weighted by Gasteiger charge is 2.10. The Kier molecular flexibility index (Phi) is 4.45. The Bertz CT molecular complexity index is 1100. The van der Waals surface area contributed by atoms with Crippen molar-refractivity contribution in [3.63, 3.8) is 0 Å². The second-order valence-electron chi connectivity index (χ2n) is 5.77. The molecule has 0 radical (unpaired) electrons. The molecule has 26 heavy (non-hydrogen) atoms. The highest BCUT2D eigenvalue weighted by atomic mass is 35.5. The molecule has 0 atom stereocenters. The van der Waals surface area contributed by atoms with E-state index in [4.69, 9.17) is 16.0 Å². The molecule has 0 aliphatic heterocycles. The van der Waals surface area contributed by atoms with Crippen LogP contribution in [0.3, 0.4) is 0 Å². The van der Waals surface area contributed by atoms with Crippen molar-refractivity contribution in [3.8, 4) is 0 Å². The summed E-state index contributed by atoms with van der Waals surface area (Å²) in [6.45, 7) is 0.171. The van der Waals surface area contributed by atoms with Crippen molar-refractivity contribution in [3.05, 3.63) is 81.6 Å². The van der Waals surface area contributed by atoms with Crippen LogP contribution >= 0.6 is 11.6 Å². The number of benzene rings is 1. The molecule has 0 fully saturated rings. The molecule has 4 aromatic rings. The van der Waals surface area contributed by atoms with Crippen molar-refractivity contribution in [2.75, 3.05) is 0 Å². The van der Waals surface area contributed by atoms with Gasteiger partial charge in [0.2, 0.25) is 11.8 Å². The van der Waals surface area contributed by atoms with E-state index in [1.165, 1.54) is 10.9 Å². The smallest absolute Gasteiger partial charge is 0.263 e. The minimum absolute atomic E-state index is 0.171. The van der Waals surface area contributed by atoms with Crippen LogP contribution in [0.2, 0.25) is 5.02 Å². The molecule has 0 saturated carbocycles. The quantitative estimate of drug-likeness (QED) is 0.539. The second-order valence-corrected chi connectivity index (χ2v) is 6.20. The van der Waals surface area contributed by atoms with Gasteiger partial charge in [-0.1, -0.05) is 23.7 Å². The lowest BCUT2D eigenvalue weighted by Gasteiger charge is -2.02. The second kappa shape index (κ2) is 7.05. The number of rotatable bonds is 5. The summed E-state index contributed by atoms with van der Waals surface area (Å²) in [5, 5.41) is 9.23. The summed E-state index contributed by atoms with van der Waals surface area (Å²) in [6.07, 6.45) is 4.42. The predicted molar refractivity (Wildman–Crippen MR) is 96.1 cm³/mol. The van der Waals surface area contributed by atoms with Gasteiger partial charge in [0, 0.05) is 17.6 Å². The fraction of sp³-hybridized carbons (Fsp3) is 0.167. The Hall–Kier alpha value is -3.06. The molecule has 0 unspecified atom stereocenters. The van der Waals surface area contributed by atoms with Crippen molar-refractivity contribution in [2.45, 2.75) is 19.4 Å². The van der Waals surface area contributed by atoms with Gasteiger partial charge in [-0.3, -0.25) is 9.36 Å². The Balaban J connectivity index is 1.47. The van der Waals surface area contributed by atoms with Crippen LogP contribution in [-0.2, 0) is 19.4 Å². The highest BCUT2D eigenvalue weighted by molar-refractivity contribution is 6.30. The van der Waals surface area contributed by atoms with Crippen molar-refractivity contribution >= 4 is 22.6 Å².